The number of hydrogen-bond acceptors (Lipinski definition) is 7. The van der Waals surface area contributed by atoms with Gasteiger partial charge in [-0.05, 0) is 44.2 Å². The lowest BCUT2D eigenvalue weighted by atomic mass is 9.85. The van der Waals surface area contributed by atoms with Crippen LogP contribution in [-0.2, 0) is 19.1 Å². The van der Waals surface area contributed by atoms with Gasteiger partial charge in [0.1, 0.15) is 5.82 Å². The van der Waals surface area contributed by atoms with Gasteiger partial charge in [0.15, 0.2) is 0 Å². The van der Waals surface area contributed by atoms with Gasteiger partial charge in [-0.1, -0.05) is 6.92 Å². The molecule has 1 atom stereocenters. The van der Waals surface area contributed by atoms with Crippen molar-refractivity contribution in [3.05, 3.63) is 17.8 Å². The number of ether oxygens (including phenoxy) is 1. The Morgan fingerprint density at radius 1 is 1.33 bits per heavy atom. The van der Waals surface area contributed by atoms with Gasteiger partial charge in [-0.25, -0.2) is 10.8 Å². The van der Waals surface area contributed by atoms with E-state index in [1.165, 1.54) is 6.20 Å². The van der Waals surface area contributed by atoms with Crippen LogP contribution >= 0.6 is 0 Å². The number of nitrogens with zero attached hydrogens (tertiary/aromatic N) is 2. The first kappa shape index (κ1) is 20.6. The van der Waals surface area contributed by atoms with Crippen molar-refractivity contribution in [3.8, 4) is 0 Å². The van der Waals surface area contributed by atoms with Gasteiger partial charge in [-0.15, -0.1) is 0 Å². The number of anilines is 2. The van der Waals surface area contributed by atoms with E-state index in [-0.39, 0.29) is 11.9 Å². The number of carbonyl (C=O) groups excluding carboxylic acids is 3. The first-order valence-corrected chi connectivity index (χ1v) is 9.07. The maximum absolute atomic E-state index is 11.9. The molecule has 2 heterocycles. The summed E-state index contributed by atoms with van der Waals surface area (Å²) in [7, 11) is 0. The third kappa shape index (κ3) is 5.16. The fourth-order valence-corrected chi connectivity index (χ4v) is 3.30. The van der Waals surface area contributed by atoms with E-state index in [1.807, 2.05) is 20.8 Å². The summed E-state index contributed by atoms with van der Waals surface area (Å²) in [5.41, 5.74) is 3.09. The molecule has 1 unspecified atom stereocenters. The molecule has 148 valence electrons. The number of rotatable bonds is 5. The molecule has 1 aliphatic rings. The molecule has 1 aromatic rings. The second-order valence-corrected chi connectivity index (χ2v) is 6.66. The number of piperidine rings is 1. The van der Waals surface area contributed by atoms with E-state index in [4.69, 9.17) is 10.6 Å². The summed E-state index contributed by atoms with van der Waals surface area (Å²) >= 11 is 0. The number of aryl methyl sites for hydroxylation is 1. The van der Waals surface area contributed by atoms with Crippen LogP contribution in [-0.4, -0.2) is 42.5 Å². The molecule has 0 saturated carbocycles. The summed E-state index contributed by atoms with van der Waals surface area (Å²) < 4.78 is 5.12. The molecule has 27 heavy (non-hydrogen) atoms. The molecular weight excluding hydrogens is 350 g/mol. The van der Waals surface area contributed by atoms with Crippen molar-refractivity contribution in [1.82, 2.24) is 10.4 Å². The van der Waals surface area contributed by atoms with Crippen LogP contribution in [0.15, 0.2) is 12.3 Å². The standard InChI is InChI=1S/C18H27N5O4/c1-4-27-18(26)12(3)13-5-7-23(8-6-13)15-11(2)9-14(10-20-15)21-16(24)17(25)22-19/h9-10,12-13H,4-8,19H2,1-3H3,(H,21,24)(H,22,25). The van der Waals surface area contributed by atoms with Gasteiger partial charge < -0.3 is 15.0 Å². The van der Waals surface area contributed by atoms with Crippen LogP contribution < -0.4 is 21.5 Å². The van der Waals surface area contributed by atoms with Crippen molar-refractivity contribution in [1.29, 1.82) is 0 Å². The lowest BCUT2D eigenvalue weighted by molar-refractivity contribution is -0.149. The number of hydrogen-bond donors (Lipinski definition) is 3. The number of pyridine rings is 1. The highest BCUT2D eigenvalue weighted by molar-refractivity contribution is 6.39. The van der Waals surface area contributed by atoms with Gasteiger partial charge in [0.2, 0.25) is 0 Å². The number of nitrogens with one attached hydrogen (secondary N) is 2. The molecule has 0 aromatic carbocycles. The highest BCUT2D eigenvalue weighted by Crippen LogP contribution is 2.30. The third-order valence-corrected chi connectivity index (χ3v) is 4.85. The van der Waals surface area contributed by atoms with Crippen LogP contribution in [0, 0.1) is 18.8 Å². The Morgan fingerprint density at radius 3 is 2.56 bits per heavy atom. The summed E-state index contributed by atoms with van der Waals surface area (Å²) in [5.74, 6) is 4.06. The second-order valence-electron chi connectivity index (χ2n) is 6.66. The molecule has 0 radical (unpaired) electrons. The minimum absolute atomic E-state index is 0.104. The minimum Gasteiger partial charge on any atom is -0.466 e. The van der Waals surface area contributed by atoms with Crippen LogP contribution in [0.3, 0.4) is 0 Å². The molecule has 0 spiro atoms. The summed E-state index contributed by atoms with van der Waals surface area (Å²) in [4.78, 5) is 41.3. The molecule has 4 N–H and O–H groups in total. The number of esters is 1. The van der Waals surface area contributed by atoms with Gasteiger partial charge in [0.25, 0.3) is 0 Å². The maximum Gasteiger partial charge on any atom is 0.323 e. The summed E-state index contributed by atoms with van der Waals surface area (Å²) in [6, 6.07) is 1.76. The van der Waals surface area contributed by atoms with E-state index in [1.54, 1.807) is 11.5 Å². The molecule has 1 fully saturated rings. The van der Waals surface area contributed by atoms with Crippen molar-refractivity contribution < 1.29 is 19.1 Å². The van der Waals surface area contributed by atoms with Crippen LogP contribution in [0.4, 0.5) is 11.5 Å². The number of nitrogens with two attached hydrogens (primary N) is 1. The van der Waals surface area contributed by atoms with Gasteiger partial charge in [0, 0.05) is 13.1 Å². The van der Waals surface area contributed by atoms with E-state index < -0.39 is 11.8 Å². The zero-order chi connectivity index (χ0) is 20.0. The largest absolute Gasteiger partial charge is 0.466 e. The predicted octanol–water partition coefficient (Wildman–Crippen LogP) is 0.734. The molecule has 1 aromatic heterocycles. The van der Waals surface area contributed by atoms with E-state index in [0.717, 1.165) is 37.3 Å². The lowest BCUT2D eigenvalue weighted by Crippen LogP contribution is -2.39. The molecular formula is C18H27N5O4. The molecule has 2 rings (SSSR count). The Balaban J connectivity index is 1.97. The summed E-state index contributed by atoms with van der Waals surface area (Å²) in [5, 5.41) is 2.45. The molecule has 0 bridgehead atoms. The van der Waals surface area contributed by atoms with Crippen molar-refractivity contribution in [2.75, 3.05) is 29.9 Å². The van der Waals surface area contributed by atoms with Gasteiger partial charge in [-0.3, -0.25) is 19.8 Å². The van der Waals surface area contributed by atoms with E-state index in [0.29, 0.717) is 18.2 Å². The fourth-order valence-electron chi connectivity index (χ4n) is 3.30. The van der Waals surface area contributed by atoms with Crippen molar-refractivity contribution >= 4 is 29.3 Å². The zero-order valence-corrected chi connectivity index (χ0v) is 15.9. The second kappa shape index (κ2) is 9.31. The van der Waals surface area contributed by atoms with Crippen molar-refractivity contribution in [3.63, 3.8) is 0 Å². The molecule has 1 aliphatic heterocycles. The van der Waals surface area contributed by atoms with E-state index in [2.05, 4.69) is 15.2 Å². The quantitative estimate of drug-likeness (QED) is 0.227. The molecule has 2 amide bonds. The number of amides is 2. The van der Waals surface area contributed by atoms with Crippen molar-refractivity contribution in [2.24, 2.45) is 17.7 Å². The average molecular weight is 377 g/mol. The molecule has 9 nitrogen and oxygen atoms in total. The van der Waals surface area contributed by atoms with Crippen molar-refractivity contribution in [2.45, 2.75) is 33.6 Å². The lowest BCUT2D eigenvalue weighted by Gasteiger charge is -2.35. The third-order valence-electron chi connectivity index (χ3n) is 4.85. The van der Waals surface area contributed by atoms with E-state index >= 15 is 0 Å². The Hall–Kier alpha value is -2.68. The number of hydrazine groups is 1. The SMILES string of the molecule is CCOC(=O)C(C)C1CCN(c2ncc(NC(=O)C(=O)NN)cc2C)CC1. The van der Waals surface area contributed by atoms with Crippen LogP contribution in [0.5, 0.6) is 0 Å². The monoisotopic (exact) mass is 377 g/mol. The van der Waals surface area contributed by atoms with E-state index in [9.17, 15) is 14.4 Å². The Morgan fingerprint density at radius 2 is 2.00 bits per heavy atom. The van der Waals surface area contributed by atoms with Gasteiger partial charge in [0.05, 0.1) is 24.4 Å². The minimum atomic E-state index is -0.922. The predicted molar refractivity (Wildman–Crippen MR) is 101 cm³/mol. The fraction of sp³-hybridized carbons (Fsp3) is 0.556. The molecule has 9 heteroatoms. The van der Waals surface area contributed by atoms with Gasteiger partial charge >= 0.3 is 17.8 Å². The van der Waals surface area contributed by atoms with Gasteiger partial charge in [-0.2, -0.15) is 0 Å². The molecule has 1 saturated heterocycles. The molecule has 0 aliphatic carbocycles. The smallest absolute Gasteiger partial charge is 0.323 e. The Kier molecular flexibility index (Phi) is 7.12. The van der Waals surface area contributed by atoms with Crippen LogP contribution in [0.2, 0.25) is 0 Å². The topological polar surface area (TPSA) is 127 Å². The average Bonchev–Trinajstić information content (AvgIpc) is 2.67. The highest BCUT2D eigenvalue weighted by Gasteiger charge is 2.29. The summed E-state index contributed by atoms with van der Waals surface area (Å²) in [6.45, 7) is 7.63. The Labute approximate surface area is 158 Å². The normalized spacial score (nSPS) is 15.8. The summed E-state index contributed by atoms with van der Waals surface area (Å²) in [6.07, 6.45) is 3.28. The maximum atomic E-state index is 11.9. The van der Waals surface area contributed by atoms with Crippen LogP contribution in [0.25, 0.3) is 0 Å². The van der Waals surface area contributed by atoms with Crippen LogP contribution in [0.1, 0.15) is 32.3 Å². The Bertz CT molecular complexity index is 701. The number of carbonyl (C=O) groups is 3. The first-order chi connectivity index (χ1) is 12.9. The number of aromatic nitrogens is 1. The zero-order valence-electron chi connectivity index (χ0n) is 15.9. The highest BCUT2D eigenvalue weighted by atomic mass is 16.5. The first-order valence-electron chi connectivity index (χ1n) is 9.07.